The predicted molar refractivity (Wildman–Crippen MR) is 104 cm³/mol. The maximum atomic E-state index is 12.7. The molecule has 0 aromatic heterocycles. The second-order valence-corrected chi connectivity index (χ2v) is 6.70. The number of rotatable bonds is 5. The van der Waals surface area contributed by atoms with E-state index in [4.69, 9.17) is 0 Å². The van der Waals surface area contributed by atoms with Gasteiger partial charge in [0.05, 0.1) is 13.0 Å². The minimum atomic E-state index is -0.854. The summed E-state index contributed by atoms with van der Waals surface area (Å²) in [4.78, 5) is 51.4. The lowest BCUT2D eigenvalue weighted by Crippen LogP contribution is -2.44. The van der Waals surface area contributed by atoms with Crippen molar-refractivity contribution >= 4 is 29.3 Å². The zero-order valence-electron chi connectivity index (χ0n) is 15.7. The fraction of sp³-hybridized carbons (Fsp3) is 0.238. The van der Waals surface area contributed by atoms with Crippen LogP contribution >= 0.6 is 0 Å². The third-order valence-corrected chi connectivity index (χ3v) is 4.71. The highest BCUT2D eigenvalue weighted by Gasteiger charge is 2.42. The smallest absolute Gasteiger partial charge is 0.315 e. The van der Waals surface area contributed by atoms with Gasteiger partial charge in [0.2, 0.25) is 5.91 Å². The summed E-state index contributed by atoms with van der Waals surface area (Å²) in [5.41, 5.74) is 1.77. The third-order valence-electron chi connectivity index (χ3n) is 4.71. The van der Waals surface area contributed by atoms with Gasteiger partial charge in [-0.2, -0.15) is 0 Å². The molecular formula is C21H21N3O4. The number of Topliss-reactive ketones (excluding diaryl/α,β-unsaturated/α-hetero) is 1. The van der Waals surface area contributed by atoms with Crippen molar-refractivity contribution in [1.29, 1.82) is 0 Å². The Morgan fingerprint density at radius 1 is 1.11 bits per heavy atom. The molecule has 2 aromatic carbocycles. The van der Waals surface area contributed by atoms with Crippen LogP contribution in [-0.4, -0.2) is 46.5 Å². The number of amides is 4. The van der Waals surface area contributed by atoms with E-state index in [0.717, 1.165) is 5.56 Å². The lowest BCUT2D eigenvalue weighted by atomic mass is 10.1. The minimum Gasteiger partial charge on any atom is -0.315 e. The van der Waals surface area contributed by atoms with Gasteiger partial charge in [-0.05, 0) is 24.6 Å². The fourth-order valence-electron chi connectivity index (χ4n) is 3.07. The van der Waals surface area contributed by atoms with Crippen LogP contribution in [0.4, 0.5) is 10.5 Å². The van der Waals surface area contributed by atoms with Gasteiger partial charge >= 0.3 is 6.03 Å². The van der Waals surface area contributed by atoms with Crippen LogP contribution in [0.1, 0.15) is 29.3 Å². The second kappa shape index (κ2) is 8.04. The van der Waals surface area contributed by atoms with Crippen molar-refractivity contribution in [1.82, 2.24) is 9.80 Å². The number of imide groups is 1. The highest BCUT2D eigenvalue weighted by Crippen LogP contribution is 2.21. The highest BCUT2D eigenvalue weighted by atomic mass is 16.2. The maximum absolute atomic E-state index is 12.7. The molecule has 0 bridgehead atoms. The molecule has 1 saturated heterocycles. The van der Waals surface area contributed by atoms with Gasteiger partial charge in [-0.3, -0.25) is 19.3 Å². The summed E-state index contributed by atoms with van der Waals surface area (Å²) in [6.45, 7) is 1.63. The number of nitrogens with one attached hydrogen (secondary N) is 1. The number of anilines is 1. The molecule has 7 heteroatoms. The van der Waals surface area contributed by atoms with Crippen molar-refractivity contribution in [2.24, 2.45) is 0 Å². The number of carbonyl (C=O) groups is 4. The van der Waals surface area contributed by atoms with Gasteiger partial charge in [0.1, 0.15) is 6.04 Å². The number of hydrogen-bond acceptors (Lipinski definition) is 4. The zero-order chi connectivity index (χ0) is 20.3. The third kappa shape index (κ3) is 4.09. The van der Waals surface area contributed by atoms with Crippen LogP contribution in [0, 0.1) is 0 Å². The van der Waals surface area contributed by atoms with Crippen LogP contribution in [0.3, 0.4) is 0 Å². The Morgan fingerprint density at radius 2 is 1.82 bits per heavy atom. The Balaban J connectivity index is 1.68. The second-order valence-electron chi connectivity index (χ2n) is 6.70. The first-order chi connectivity index (χ1) is 13.4. The summed E-state index contributed by atoms with van der Waals surface area (Å²) >= 11 is 0. The Kier molecular flexibility index (Phi) is 5.54. The number of likely N-dealkylation sites (tertiary alicyclic amines) is 1. The molecule has 1 fully saturated rings. The molecule has 0 unspecified atom stereocenters. The quantitative estimate of drug-likeness (QED) is 0.639. The molecule has 0 saturated carbocycles. The maximum Gasteiger partial charge on any atom is 0.322 e. The molecule has 0 radical (unpaired) electrons. The summed E-state index contributed by atoms with van der Waals surface area (Å²) < 4.78 is 0. The molecule has 144 valence electrons. The van der Waals surface area contributed by atoms with Crippen LogP contribution < -0.4 is 5.32 Å². The topological polar surface area (TPSA) is 86.8 Å². The molecule has 3 rings (SSSR count). The monoisotopic (exact) mass is 379 g/mol. The Labute approximate surface area is 162 Å². The van der Waals surface area contributed by atoms with Gasteiger partial charge in [0.25, 0.3) is 5.91 Å². The van der Waals surface area contributed by atoms with Gasteiger partial charge in [0.15, 0.2) is 5.78 Å². The average molecular weight is 379 g/mol. The van der Waals surface area contributed by atoms with Gasteiger partial charge in [-0.1, -0.05) is 42.5 Å². The van der Waals surface area contributed by atoms with E-state index in [0.29, 0.717) is 11.3 Å². The van der Waals surface area contributed by atoms with Gasteiger partial charge in [-0.25, -0.2) is 4.79 Å². The van der Waals surface area contributed by atoms with E-state index >= 15 is 0 Å². The number of likely N-dealkylation sites (N-methyl/N-ethyl adjacent to an activating group) is 1. The van der Waals surface area contributed by atoms with Crippen LogP contribution in [-0.2, 0) is 16.1 Å². The van der Waals surface area contributed by atoms with Gasteiger partial charge < -0.3 is 10.2 Å². The van der Waals surface area contributed by atoms with E-state index in [9.17, 15) is 19.2 Å². The van der Waals surface area contributed by atoms with Crippen LogP contribution in [0.15, 0.2) is 54.6 Å². The van der Waals surface area contributed by atoms with E-state index in [1.807, 2.05) is 30.3 Å². The van der Waals surface area contributed by atoms with Gasteiger partial charge in [-0.15, -0.1) is 0 Å². The lowest BCUT2D eigenvalue weighted by molar-refractivity contribution is -0.140. The first-order valence-electron chi connectivity index (χ1n) is 8.90. The van der Waals surface area contributed by atoms with Crippen LogP contribution in [0.25, 0.3) is 0 Å². The largest absolute Gasteiger partial charge is 0.322 e. The summed E-state index contributed by atoms with van der Waals surface area (Å²) in [7, 11) is 1.48. The summed E-state index contributed by atoms with van der Waals surface area (Å²) in [5.74, 6) is -0.821. The number of hydrogen-bond donors (Lipinski definition) is 1. The molecule has 0 spiro atoms. The molecule has 7 nitrogen and oxygen atoms in total. The zero-order valence-corrected chi connectivity index (χ0v) is 15.7. The van der Waals surface area contributed by atoms with Crippen LogP contribution in [0.2, 0.25) is 0 Å². The minimum absolute atomic E-state index is 0.0525. The first kappa shape index (κ1) is 19.3. The van der Waals surface area contributed by atoms with E-state index < -0.39 is 18.0 Å². The average Bonchev–Trinajstić information content (AvgIpc) is 2.96. The molecule has 1 heterocycles. The predicted octanol–water partition coefficient (Wildman–Crippen LogP) is 2.68. The number of benzene rings is 2. The van der Waals surface area contributed by atoms with E-state index in [2.05, 4.69) is 5.32 Å². The lowest BCUT2D eigenvalue weighted by Gasteiger charge is -2.23. The van der Waals surface area contributed by atoms with Crippen molar-refractivity contribution in [3.63, 3.8) is 0 Å². The van der Waals surface area contributed by atoms with Crippen molar-refractivity contribution in [3.05, 3.63) is 65.7 Å². The highest BCUT2D eigenvalue weighted by molar-refractivity contribution is 6.07. The summed E-state index contributed by atoms with van der Waals surface area (Å²) in [6, 6.07) is 14.4. The molecule has 2 aromatic rings. The SMILES string of the molecule is CC(=O)c1cccc(NC(=O)N(C)[C@H]2CC(=O)N(Cc3ccccc3)C2=O)c1. The fourth-order valence-corrected chi connectivity index (χ4v) is 3.07. The van der Waals surface area contributed by atoms with Crippen molar-refractivity contribution in [2.75, 3.05) is 12.4 Å². The summed E-state index contributed by atoms with van der Waals surface area (Å²) in [6.07, 6.45) is -0.0525. The van der Waals surface area contributed by atoms with Crippen molar-refractivity contribution in [2.45, 2.75) is 25.9 Å². The van der Waals surface area contributed by atoms with Crippen LogP contribution in [0.5, 0.6) is 0 Å². The van der Waals surface area contributed by atoms with Crippen molar-refractivity contribution in [3.8, 4) is 0 Å². The molecule has 4 amide bonds. The van der Waals surface area contributed by atoms with E-state index in [-0.39, 0.29) is 24.7 Å². The normalized spacial score (nSPS) is 16.2. The Bertz CT molecular complexity index is 926. The number of carbonyl (C=O) groups excluding carboxylic acids is 4. The molecule has 0 aliphatic carbocycles. The Morgan fingerprint density at radius 3 is 2.50 bits per heavy atom. The van der Waals surface area contributed by atoms with Crippen molar-refractivity contribution < 1.29 is 19.2 Å². The standard InChI is InChI=1S/C21H21N3O4/c1-14(25)16-9-6-10-17(11-16)22-21(28)23(2)18-12-19(26)24(20(18)27)13-15-7-4-3-5-8-15/h3-11,18H,12-13H2,1-2H3,(H,22,28)/t18-/m0/s1. The number of ketones is 1. The molecule has 1 atom stereocenters. The first-order valence-corrected chi connectivity index (χ1v) is 8.90. The molecular weight excluding hydrogens is 358 g/mol. The number of urea groups is 1. The Hall–Kier alpha value is -3.48. The summed E-state index contributed by atoms with van der Waals surface area (Å²) in [5, 5.41) is 2.67. The molecule has 1 aliphatic rings. The van der Waals surface area contributed by atoms with E-state index in [1.165, 1.54) is 23.8 Å². The van der Waals surface area contributed by atoms with Gasteiger partial charge in [0, 0.05) is 18.3 Å². The molecule has 1 aliphatic heterocycles. The van der Waals surface area contributed by atoms with E-state index in [1.54, 1.807) is 24.3 Å². The molecule has 1 N–H and O–H groups in total. The molecule has 28 heavy (non-hydrogen) atoms. The number of nitrogens with zero attached hydrogens (tertiary/aromatic N) is 2.